The molecule has 2 radical (unpaired) electrons. The quantitative estimate of drug-likeness (QED) is 0.620. The number of hydrogen-bond donors (Lipinski definition) is 0. The van der Waals surface area contributed by atoms with Gasteiger partial charge in [0.2, 0.25) is 0 Å². The first kappa shape index (κ1) is 10.4. The second kappa shape index (κ2) is 5.84. The number of amides is 1. The molecule has 0 bridgehead atoms. The van der Waals surface area contributed by atoms with Crippen molar-refractivity contribution < 1.29 is 9.90 Å². The number of nitrogens with zero attached hydrogens (tertiary/aromatic N) is 1. The van der Waals surface area contributed by atoms with Gasteiger partial charge in [-0.05, 0) is 12.3 Å². The molecule has 1 aliphatic carbocycles. The highest BCUT2D eigenvalue weighted by Crippen LogP contribution is 2.24. The summed E-state index contributed by atoms with van der Waals surface area (Å²) in [5.74, 6) is 0.700. The molecule has 1 amide bonds. The number of hydrogen-bond acceptors (Lipinski definition) is 1. The Hall–Kier alpha value is -0.730. The van der Waals surface area contributed by atoms with Crippen LogP contribution in [0.25, 0.3) is 0 Å². The van der Waals surface area contributed by atoms with Crippen molar-refractivity contribution in [1.82, 2.24) is 5.32 Å². The first-order chi connectivity index (χ1) is 6.29. The predicted octanol–water partition coefficient (Wildman–Crippen LogP) is 2.50. The van der Waals surface area contributed by atoms with Gasteiger partial charge in [-0.3, -0.25) is 0 Å². The van der Waals surface area contributed by atoms with E-state index in [0.29, 0.717) is 12.5 Å². The number of rotatable bonds is 3. The summed E-state index contributed by atoms with van der Waals surface area (Å²) >= 11 is 0. The molecule has 0 saturated heterocycles. The minimum Gasteiger partial charge on any atom is -0.218 e. The van der Waals surface area contributed by atoms with Crippen LogP contribution in [0.5, 0.6) is 0 Å². The molecule has 3 nitrogen and oxygen atoms in total. The maximum Gasteiger partial charge on any atom is 0.471 e. The molecule has 1 fully saturated rings. The van der Waals surface area contributed by atoms with Crippen LogP contribution in [0.1, 0.15) is 44.9 Å². The van der Waals surface area contributed by atoms with Crippen LogP contribution in [0.3, 0.4) is 0 Å². The minimum absolute atomic E-state index is 0.438. The Labute approximate surface area is 79.5 Å². The van der Waals surface area contributed by atoms with Crippen LogP contribution < -0.4 is 5.32 Å². The van der Waals surface area contributed by atoms with Crippen LogP contribution in [0, 0.1) is 5.92 Å². The lowest BCUT2D eigenvalue weighted by Crippen LogP contribution is -2.15. The van der Waals surface area contributed by atoms with Crippen molar-refractivity contribution in [2.24, 2.45) is 5.92 Å². The molecule has 3 heteroatoms. The topological polar surface area (TPSA) is 51.1 Å². The van der Waals surface area contributed by atoms with E-state index in [-0.39, 0.29) is 0 Å². The van der Waals surface area contributed by atoms with Gasteiger partial charge >= 0.3 is 6.09 Å². The molecule has 0 aromatic carbocycles. The summed E-state index contributed by atoms with van der Waals surface area (Å²) in [7, 11) is 0. The Morgan fingerprint density at radius 2 is 1.77 bits per heavy atom. The highest BCUT2D eigenvalue weighted by atomic mass is 16.4. The largest absolute Gasteiger partial charge is 0.471 e. The Kier molecular flexibility index (Phi) is 4.65. The van der Waals surface area contributed by atoms with Crippen molar-refractivity contribution in [3.8, 4) is 0 Å². The molecule has 0 N–H and O–H groups in total. The molecular formula is C10H17NO2. The predicted molar refractivity (Wildman–Crippen MR) is 48.9 cm³/mol. The van der Waals surface area contributed by atoms with Gasteiger partial charge in [-0.25, -0.2) is 15.2 Å². The third kappa shape index (κ3) is 4.76. The van der Waals surface area contributed by atoms with Crippen LogP contribution in [-0.2, 0) is 5.11 Å². The van der Waals surface area contributed by atoms with Crippen molar-refractivity contribution in [3.05, 3.63) is 0 Å². The number of carbonyl (C=O) groups is 1. The van der Waals surface area contributed by atoms with Gasteiger partial charge in [-0.15, -0.1) is 0 Å². The van der Waals surface area contributed by atoms with Crippen LogP contribution in [0.2, 0.25) is 0 Å². The standard InChI is InChI=1S/C10H17NO2/c12-10(13)11-8-7-9-5-3-1-2-4-6-9/h9H,1-8H2. The second-order valence-electron chi connectivity index (χ2n) is 3.79. The maximum absolute atomic E-state index is 10.0. The zero-order valence-electron chi connectivity index (χ0n) is 8.00. The van der Waals surface area contributed by atoms with Crippen molar-refractivity contribution in [1.29, 1.82) is 0 Å². The molecule has 13 heavy (non-hydrogen) atoms. The third-order valence-corrected chi connectivity index (χ3v) is 2.75. The van der Waals surface area contributed by atoms with Crippen molar-refractivity contribution in [2.45, 2.75) is 44.9 Å². The lowest BCUT2D eigenvalue weighted by molar-refractivity contribution is 0.166. The van der Waals surface area contributed by atoms with Gasteiger partial charge in [0.05, 0.1) is 0 Å². The van der Waals surface area contributed by atoms with E-state index in [4.69, 9.17) is 0 Å². The molecule has 0 aromatic heterocycles. The highest BCUT2D eigenvalue weighted by molar-refractivity contribution is 5.63. The molecule has 1 rings (SSSR count). The van der Waals surface area contributed by atoms with E-state index in [1.165, 1.54) is 38.5 Å². The summed E-state index contributed by atoms with van der Waals surface area (Å²) in [6.45, 7) is 0.438. The lowest BCUT2D eigenvalue weighted by atomic mass is 9.97. The maximum atomic E-state index is 10.0. The van der Waals surface area contributed by atoms with E-state index in [0.717, 1.165) is 6.42 Å². The fourth-order valence-electron chi connectivity index (χ4n) is 1.99. The third-order valence-electron chi connectivity index (χ3n) is 2.75. The molecule has 0 aliphatic heterocycles. The van der Waals surface area contributed by atoms with Crippen molar-refractivity contribution in [2.75, 3.05) is 6.54 Å². The molecule has 1 aliphatic rings. The summed E-state index contributed by atoms with van der Waals surface area (Å²) in [6, 6.07) is 0. The van der Waals surface area contributed by atoms with Gasteiger partial charge in [-0.2, -0.15) is 0 Å². The van der Waals surface area contributed by atoms with E-state index >= 15 is 0 Å². The van der Waals surface area contributed by atoms with E-state index in [1.54, 1.807) is 0 Å². The second-order valence-corrected chi connectivity index (χ2v) is 3.79. The molecule has 0 unspecified atom stereocenters. The van der Waals surface area contributed by atoms with Gasteiger partial charge < -0.3 is 0 Å². The van der Waals surface area contributed by atoms with Gasteiger partial charge in [0.1, 0.15) is 0 Å². The molecule has 0 aromatic rings. The summed E-state index contributed by atoms with van der Waals surface area (Å²) in [5.41, 5.74) is 0. The summed E-state index contributed by atoms with van der Waals surface area (Å²) < 4.78 is 0. The molecule has 0 spiro atoms. The van der Waals surface area contributed by atoms with Crippen LogP contribution in [0.4, 0.5) is 4.79 Å². The van der Waals surface area contributed by atoms with Crippen LogP contribution in [0.15, 0.2) is 0 Å². The van der Waals surface area contributed by atoms with Crippen molar-refractivity contribution in [3.63, 3.8) is 0 Å². The normalized spacial score (nSPS) is 19.4. The first-order valence-corrected chi connectivity index (χ1v) is 5.17. The van der Waals surface area contributed by atoms with Crippen molar-refractivity contribution >= 4 is 6.09 Å². The van der Waals surface area contributed by atoms with Gasteiger partial charge in [0, 0.05) is 6.54 Å². The Morgan fingerprint density at radius 1 is 1.15 bits per heavy atom. The van der Waals surface area contributed by atoms with E-state index < -0.39 is 6.09 Å². The summed E-state index contributed by atoms with van der Waals surface area (Å²) in [4.78, 5) is 10.0. The van der Waals surface area contributed by atoms with E-state index in [9.17, 15) is 9.90 Å². The van der Waals surface area contributed by atoms with Gasteiger partial charge in [-0.1, -0.05) is 38.5 Å². The Balaban J connectivity index is 2.08. The van der Waals surface area contributed by atoms with Crippen LogP contribution in [-0.4, -0.2) is 12.6 Å². The molecule has 0 heterocycles. The monoisotopic (exact) mass is 183 g/mol. The highest BCUT2D eigenvalue weighted by Gasteiger charge is 2.12. The summed E-state index contributed by atoms with van der Waals surface area (Å²) in [6.07, 6.45) is 7.45. The van der Waals surface area contributed by atoms with Gasteiger partial charge in [0.15, 0.2) is 0 Å². The fraction of sp³-hybridized carbons (Fsp3) is 0.900. The average molecular weight is 183 g/mol. The fourth-order valence-corrected chi connectivity index (χ4v) is 1.99. The Morgan fingerprint density at radius 3 is 2.31 bits per heavy atom. The molecular weight excluding hydrogens is 166 g/mol. The van der Waals surface area contributed by atoms with Crippen LogP contribution >= 0.6 is 0 Å². The zero-order chi connectivity index (χ0) is 9.52. The van der Waals surface area contributed by atoms with E-state index in [2.05, 4.69) is 5.32 Å². The molecule has 0 atom stereocenters. The lowest BCUT2D eigenvalue weighted by Gasteiger charge is -2.11. The van der Waals surface area contributed by atoms with E-state index in [1.807, 2.05) is 0 Å². The molecule has 1 saturated carbocycles. The van der Waals surface area contributed by atoms with Gasteiger partial charge in [0.25, 0.3) is 0 Å². The smallest absolute Gasteiger partial charge is 0.218 e. The zero-order valence-corrected chi connectivity index (χ0v) is 8.00. The Bertz CT molecular complexity index is 151. The SMILES string of the molecule is [O]C(=O)[N]CCC1CCCCCC1. The average Bonchev–Trinajstić information content (AvgIpc) is 2.32. The minimum atomic E-state index is -1.27. The summed E-state index contributed by atoms with van der Waals surface area (Å²) in [5, 5.41) is 13.4. The first-order valence-electron chi connectivity index (χ1n) is 5.17. The number of carbonyl (C=O) groups excluding carboxylic acids is 1. The molecule has 74 valence electrons.